The van der Waals surface area contributed by atoms with E-state index in [0.29, 0.717) is 0 Å². The van der Waals surface area contributed by atoms with Gasteiger partial charge in [-0.05, 0) is 49.2 Å². The molecule has 0 bridgehead atoms. The minimum atomic E-state index is -0.625. The Morgan fingerprint density at radius 1 is 1.12 bits per heavy atom. The quantitative estimate of drug-likeness (QED) is 0.489. The average molecular weight is 349 g/mol. The zero-order valence-corrected chi connectivity index (χ0v) is 14.8. The standard InChI is InChI=1S/C20H19N3O3/c1-13-8-9-16(10-14(13)2)22-12-15(11-21)19(24)23-18-7-5-4-6-17(18)20(25)26-3/h4-10,12,22H,1-3H3,(H,23,24)/b15-12-. The van der Waals surface area contributed by atoms with E-state index < -0.39 is 11.9 Å². The van der Waals surface area contributed by atoms with E-state index in [2.05, 4.69) is 15.4 Å². The average Bonchev–Trinajstić information content (AvgIpc) is 2.65. The fraction of sp³-hybridized carbons (Fsp3) is 0.150. The van der Waals surface area contributed by atoms with Gasteiger partial charge in [0.05, 0.1) is 18.4 Å². The van der Waals surface area contributed by atoms with Crippen LogP contribution >= 0.6 is 0 Å². The fourth-order valence-electron chi connectivity index (χ4n) is 2.21. The summed E-state index contributed by atoms with van der Waals surface area (Å²) in [6.07, 6.45) is 1.33. The number of hydrogen-bond donors (Lipinski definition) is 2. The molecule has 0 fully saturated rings. The molecule has 6 nitrogen and oxygen atoms in total. The van der Waals surface area contributed by atoms with Crippen molar-refractivity contribution in [1.82, 2.24) is 0 Å². The van der Waals surface area contributed by atoms with Crippen molar-refractivity contribution in [2.75, 3.05) is 17.7 Å². The number of nitrogens with one attached hydrogen (secondary N) is 2. The number of aryl methyl sites for hydroxylation is 2. The molecule has 0 aliphatic carbocycles. The lowest BCUT2D eigenvalue weighted by Crippen LogP contribution is -2.17. The van der Waals surface area contributed by atoms with Crippen molar-refractivity contribution in [2.24, 2.45) is 0 Å². The van der Waals surface area contributed by atoms with Crippen molar-refractivity contribution in [1.29, 1.82) is 5.26 Å². The van der Waals surface area contributed by atoms with E-state index in [0.717, 1.165) is 16.8 Å². The highest BCUT2D eigenvalue weighted by molar-refractivity contribution is 6.09. The first kappa shape index (κ1) is 18.7. The molecule has 132 valence electrons. The number of para-hydroxylation sites is 1. The van der Waals surface area contributed by atoms with Crippen LogP contribution in [0.2, 0.25) is 0 Å². The molecule has 0 atom stereocenters. The van der Waals surface area contributed by atoms with E-state index in [9.17, 15) is 14.9 Å². The van der Waals surface area contributed by atoms with E-state index >= 15 is 0 Å². The van der Waals surface area contributed by atoms with Gasteiger partial charge in [0.1, 0.15) is 11.6 Å². The minimum Gasteiger partial charge on any atom is -0.465 e. The molecule has 0 saturated carbocycles. The Hall–Kier alpha value is -3.59. The molecular formula is C20H19N3O3. The molecule has 0 aliphatic rings. The Bertz CT molecular complexity index is 911. The molecule has 2 aromatic rings. The highest BCUT2D eigenvalue weighted by Crippen LogP contribution is 2.18. The smallest absolute Gasteiger partial charge is 0.339 e. The number of methoxy groups -OCH3 is 1. The summed E-state index contributed by atoms with van der Waals surface area (Å²) in [5.41, 5.74) is 3.38. The summed E-state index contributed by atoms with van der Waals surface area (Å²) >= 11 is 0. The van der Waals surface area contributed by atoms with Crippen LogP contribution in [0.25, 0.3) is 0 Å². The number of benzene rings is 2. The first-order valence-corrected chi connectivity index (χ1v) is 7.89. The Kier molecular flexibility index (Phi) is 6.12. The minimum absolute atomic E-state index is 0.122. The van der Waals surface area contributed by atoms with Crippen LogP contribution in [0.3, 0.4) is 0 Å². The van der Waals surface area contributed by atoms with Crippen molar-refractivity contribution in [3.8, 4) is 6.07 Å². The molecule has 2 aromatic carbocycles. The predicted molar refractivity (Wildman–Crippen MR) is 99.6 cm³/mol. The van der Waals surface area contributed by atoms with E-state index in [1.165, 1.54) is 19.4 Å². The lowest BCUT2D eigenvalue weighted by Gasteiger charge is -2.09. The van der Waals surface area contributed by atoms with Crippen LogP contribution in [0.15, 0.2) is 54.2 Å². The van der Waals surface area contributed by atoms with Gasteiger partial charge in [-0.1, -0.05) is 18.2 Å². The first-order chi connectivity index (χ1) is 12.5. The molecule has 6 heteroatoms. The molecule has 0 heterocycles. The van der Waals surface area contributed by atoms with Crippen LogP contribution in [0.5, 0.6) is 0 Å². The number of amides is 1. The number of nitriles is 1. The number of carbonyl (C=O) groups is 2. The summed E-state index contributed by atoms with van der Waals surface area (Å²) in [7, 11) is 1.26. The van der Waals surface area contributed by atoms with E-state index in [1.807, 2.05) is 38.1 Å². The summed E-state index contributed by atoms with van der Waals surface area (Å²) in [6.45, 7) is 3.98. The van der Waals surface area contributed by atoms with Crippen LogP contribution in [-0.2, 0) is 9.53 Å². The van der Waals surface area contributed by atoms with Crippen molar-refractivity contribution >= 4 is 23.3 Å². The number of esters is 1. The number of rotatable bonds is 5. The molecule has 0 saturated heterocycles. The van der Waals surface area contributed by atoms with E-state index in [-0.39, 0.29) is 16.8 Å². The molecule has 2 N–H and O–H groups in total. The van der Waals surface area contributed by atoms with E-state index in [4.69, 9.17) is 0 Å². The second-order valence-corrected chi connectivity index (χ2v) is 5.60. The van der Waals surface area contributed by atoms with E-state index in [1.54, 1.807) is 18.2 Å². The summed E-state index contributed by atoms with van der Waals surface area (Å²) in [5.74, 6) is -1.20. The van der Waals surface area contributed by atoms with Gasteiger partial charge in [0.15, 0.2) is 0 Å². The van der Waals surface area contributed by atoms with Gasteiger partial charge in [0, 0.05) is 11.9 Å². The molecule has 0 spiro atoms. The maximum atomic E-state index is 12.4. The van der Waals surface area contributed by atoms with Gasteiger partial charge < -0.3 is 15.4 Å². The number of hydrogen-bond acceptors (Lipinski definition) is 5. The largest absolute Gasteiger partial charge is 0.465 e. The third-order valence-electron chi connectivity index (χ3n) is 3.84. The van der Waals surface area contributed by atoms with Gasteiger partial charge in [-0.25, -0.2) is 4.79 Å². The molecule has 1 amide bonds. The topological polar surface area (TPSA) is 91.2 Å². The highest BCUT2D eigenvalue weighted by atomic mass is 16.5. The van der Waals surface area contributed by atoms with Crippen LogP contribution in [0.4, 0.5) is 11.4 Å². The summed E-state index contributed by atoms with van der Waals surface area (Å²) in [4.78, 5) is 24.1. The van der Waals surface area contributed by atoms with Crippen molar-refractivity contribution in [3.05, 3.63) is 70.9 Å². The van der Waals surface area contributed by atoms with Gasteiger partial charge in [-0.3, -0.25) is 4.79 Å². The molecule has 2 rings (SSSR count). The van der Waals surface area contributed by atoms with Crippen LogP contribution in [0, 0.1) is 25.2 Å². The summed E-state index contributed by atoms with van der Waals surface area (Å²) < 4.78 is 4.69. The van der Waals surface area contributed by atoms with Crippen molar-refractivity contribution < 1.29 is 14.3 Å². The molecule has 0 aromatic heterocycles. The Morgan fingerprint density at radius 3 is 2.50 bits per heavy atom. The lowest BCUT2D eigenvalue weighted by molar-refractivity contribution is -0.112. The zero-order valence-electron chi connectivity index (χ0n) is 14.8. The Morgan fingerprint density at radius 2 is 1.85 bits per heavy atom. The third-order valence-corrected chi connectivity index (χ3v) is 3.84. The predicted octanol–water partition coefficient (Wildman–Crippen LogP) is 3.55. The Labute approximate surface area is 152 Å². The van der Waals surface area contributed by atoms with Crippen LogP contribution < -0.4 is 10.6 Å². The maximum absolute atomic E-state index is 12.4. The van der Waals surface area contributed by atoms with Crippen molar-refractivity contribution in [3.63, 3.8) is 0 Å². The van der Waals surface area contributed by atoms with Gasteiger partial charge in [-0.15, -0.1) is 0 Å². The summed E-state index contributed by atoms with van der Waals surface area (Å²) in [5, 5.41) is 14.8. The van der Waals surface area contributed by atoms with Gasteiger partial charge in [-0.2, -0.15) is 5.26 Å². The monoisotopic (exact) mass is 349 g/mol. The molecule has 0 unspecified atom stereocenters. The number of nitrogens with zero attached hydrogens (tertiary/aromatic N) is 1. The fourth-order valence-corrected chi connectivity index (χ4v) is 2.21. The number of carbonyl (C=O) groups excluding carboxylic acids is 2. The van der Waals surface area contributed by atoms with Gasteiger partial charge >= 0.3 is 5.97 Å². The number of anilines is 2. The van der Waals surface area contributed by atoms with Crippen molar-refractivity contribution in [2.45, 2.75) is 13.8 Å². The van der Waals surface area contributed by atoms with Gasteiger partial charge in [0.2, 0.25) is 0 Å². The molecule has 0 radical (unpaired) electrons. The van der Waals surface area contributed by atoms with Crippen LogP contribution in [0.1, 0.15) is 21.5 Å². The zero-order chi connectivity index (χ0) is 19.1. The second kappa shape index (κ2) is 8.49. The van der Waals surface area contributed by atoms with Gasteiger partial charge in [0.25, 0.3) is 5.91 Å². The molecule has 26 heavy (non-hydrogen) atoms. The van der Waals surface area contributed by atoms with Crippen LogP contribution in [-0.4, -0.2) is 19.0 Å². The molecule has 0 aliphatic heterocycles. The number of ether oxygens (including phenoxy) is 1. The maximum Gasteiger partial charge on any atom is 0.339 e. The molecular weight excluding hydrogens is 330 g/mol. The normalized spacial score (nSPS) is 10.6. The SMILES string of the molecule is COC(=O)c1ccccc1NC(=O)/C(C#N)=C\Nc1ccc(C)c(C)c1. The first-order valence-electron chi connectivity index (χ1n) is 7.89. The lowest BCUT2D eigenvalue weighted by atomic mass is 10.1. The highest BCUT2D eigenvalue weighted by Gasteiger charge is 2.15. The third kappa shape index (κ3) is 4.48. The second-order valence-electron chi connectivity index (χ2n) is 5.60. The Balaban J connectivity index is 2.18. The summed E-state index contributed by atoms with van der Waals surface area (Å²) in [6, 6.07) is 14.0.